The minimum Gasteiger partial charge on any atom is -0.313 e. The normalized spacial score (nSPS) is 19.1. The zero-order chi connectivity index (χ0) is 14.4. The third-order valence-corrected chi connectivity index (χ3v) is 4.62. The first-order valence-electron chi connectivity index (χ1n) is 7.61. The van der Waals surface area contributed by atoms with E-state index in [4.69, 9.17) is 11.6 Å². The molecule has 0 amide bonds. The lowest BCUT2D eigenvalue weighted by Gasteiger charge is -2.34. The highest BCUT2D eigenvalue weighted by Gasteiger charge is 2.18. The second kappa shape index (κ2) is 7.99. The van der Waals surface area contributed by atoms with E-state index in [1.54, 1.807) is 0 Å². The molecule has 2 rings (SSSR count). The molecule has 0 saturated carbocycles. The van der Waals surface area contributed by atoms with Crippen LogP contribution in [0.4, 0.5) is 0 Å². The van der Waals surface area contributed by atoms with Crippen LogP contribution in [0.2, 0.25) is 5.02 Å². The maximum Gasteiger partial charge on any atom is 0.0453 e. The Labute approximate surface area is 127 Å². The van der Waals surface area contributed by atoms with Crippen molar-refractivity contribution in [2.24, 2.45) is 0 Å². The minimum absolute atomic E-state index is 0.341. The molecule has 112 valence electrons. The fraction of sp³-hybridized carbons (Fsp3) is 0.625. The number of rotatable bonds is 6. The maximum atomic E-state index is 6.30. The fourth-order valence-corrected chi connectivity index (χ4v) is 3.12. The van der Waals surface area contributed by atoms with Crippen LogP contribution >= 0.6 is 11.6 Å². The summed E-state index contributed by atoms with van der Waals surface area (Å²) in [6.07, 6.45) is 1.10. The summed E-state index contributed by atoms with van der Waals surface area (Å²) in [5.74, 6) is 0. The lowest BCUT2D eigenvalue weighted by Crippen LogP contribution is -2.46. The van der Waals surface area contributed by atoms with Crippen molar-refractivity contribution in [3.63, 3.8) is 0 Å². The summed E-state index contributed by atoms with van der Waals surface area (Å²) in [4.78, 5) is 5.08. The number of piperazine rings is 1. The number of hydrogen-bond donors (Lipinski definition) is 1. The Bertz CT molecular complexity index is 402. The first-order valence-corrected chi connectivity index (χ1v) is 7.98. The Hall–Kier alpha value is -0.610. The molecule has 1 aliphatic heterocycles. The smallest absolute Gasteiger partial charge is 0.0453 e. The van der Waals surface area contributed by atoms with Crippen LogP contribution in [0.1, 0.15) is 24.9 Å². The van der Waals surface area contributed by atoms with Gasteiger partial charge in [0.05, 0.1) is 0 Å². The molecule has 1 unspecified atom stereocenters. The van der Waals surface area contributed by atoms with Gasteiger partial charge in [-0.15, -0.1) is 0 Å². The minimum atomic E-state index is 0.341. The molecule has 1 aromatic rings. The topological polar surface area (TPSA) is 18.5 Å². The van der Waals surface area contributed by atoms with Gasteiger partial charge in [0.25, 0.3) is 0 Å². The second-order valence-corrected chi connectivity index (χ2v) is 5.83. The van der Waals surface area contributed by atoms with Gasteiger partial charge in [-0.05, 0) is 31.6 Å². The second-order valence-electron chi connectivity index (χ2n) is 5.43. The van der Waals surface area contributed by atoms with Crippen LogP contribution in [0, 0.1) is 0 Å². The highest BCUT2D eigenvalue weighted by atomic mass is 35.5. The van der Waals surface area contributed by atoms with E-state index in [1.807, 2.05) is 19.2 Å². The predicted molar refractivity (Wildman–Crippen MR) is 86.4 cm³/mol. The van der Waals surface area contributed by atoms with Gasteiger partial charge in [0.2, 0.25) is 0 Å². The Kier molecular flexibility index (Phi) is 6.30. The lowest BCUT2D eigenvalue weighted by molar-refractivity contribution is 0.133. The molecule has 0 radical (unpaired) electrons. The summed E-state index contributed by atoms with van der Waals surface area (Å²) < 4.78 is 0. The van der Waals surface area contributed by atoms with Crippen LogP contribution in [0.15, 0.2) is 24.3 Å². The third kappa shape index (κ3) is 4.19. The van der Waals surface area contributed by atoms with Gasteiger partial charge < -0.3 is 15.1 Å². The average Bonchev–Trinajstić information content (AvgIpc) is 2.50. The summed E-state index contributed by atoms with van der Waals surface area (Å²) in [5, 5.41) is 4.26. The Morgan fingerprint density at radius 2 is 1.80 bits per heavy atom. The molecule has 3 nitrogen and oxygen atoms in total. The standard InChI is InChI=1S/C16H26ClN3/c1-3-19-10-12-20(13-11-19)9-8-16(18-2)14-6-4-5-7-15(14)17/h4-7,16,18H,3,8-13H2,1-2H3. The molecule has 1 heterocycles. The van der Waals surface area contributed by atoms with Crippen molar-refractivity contribution < 1.29 is 0 Å². The van der Waals surface area contributed by atoms with Crippen LogP contribution < -0.4 is 5.32 Å². The lowest BCUT2D eigenvalue weighted by atomic mass is 10.0. The SMILES string of the molecule is CCN1CCN(CCC(NC)c2ccccc2Cl)CC1. The van der Waals surface area contributed by atoms with Gasteiger partial charge in [-0.1, -0.05) is 36.7 Å². The number of nitrogens with one attached hydrogen (secondary N) is 1. The number of nitrogens with zero attached hydrogens (tertiary/aromatic N) is 2. The highest BCUT2D eigenvalue weighted by molar-refractivity contribution is 6.31. The highest BCUT2D eigenvalue weighted by Crippen LogP contribution is 2.25. The van der Waals surface area contributed by atoms with Crippen molar-refractivity contribution >= 4 is 11.6 Å². The zero-order valence-corrected chi connectivity index (χ0v) is 13.4. The van der Waals surface area contributed by atoms with Crippen molar-refractivity contribution in [1.29, 1.82) is 0 Å². The van der Waals surface area contributed by atoms with Gasteiger partial charge in [0.1, 0.15) is 0 Å². The van der Waals surface area contributed by atoms with E-state index in [9.17, 15) is 0 Å². The van der Waals surface area contributed by atoms with E-state index in [1.165, 1.54) is 38.3 Å². The van der Waals surface area contributed by atoms with E-state index in [0.717, 1.165) is 18.0 Å². The third-order valence-electron chi connectivity index (χ3n) is 4.28. The molecule has 1 aliphatic rings. The van der Waals surface area contributed by atoms with Crippen LogP contribution in [0.5, 0.6) is 0 Å². The molecule has 1 fully saturated rings. The summed E-state index contributed by atoms with van der Waals surface area (Å²) in [6, 6.07) is 8.49. The first kappa shape index (κ1) is 15.8. The molecule has 0 aliphatic carbocycles. The van der Waals surface area contributed by atoms with Crippen molar-refractivity contribution in [2.75, 3.05) is 46.3 Å². The molecule has 1 atom stereocenters. The molecule has 0 spiro atoms. The molecular weight excluding hydrogens is 270 g/mol. The Balaban J connectivity index is 1.84. The maximum absolute atomic E-state index is 6.30. The largest absolute Gasteiger partial charge is 0.313 e. The van der Waals surface area contributed by atoms with Crippen LogP contribution in [-0.2, 0) is 0 Å². The van der Waals surface area contributed by atoms with E-state index in [0.29, 0.717) is 6.04 Å². The number of benzene rings is 1. The molecular formula is C16H26ClN3. The number of halogens is 1. The Morgan fingerprint density at radius 1 is 1.15 bits per heavy atom. The van der Waals surface area contributed by atoms with Crippen LogP contribution in [-0.4, -0.2) is 56.1 Å². The molecule has 0 bridgehead atoms. The van der Waals surface area contributed by atoms with Gasteiger partial charge >= 0.3 is 0 Å². The number of likely N-dealkylation sites (N-methyl/N-ethyl adjacent to an activating group) is 1. The average molecular weight is 296 g/mol. The Morgan fingerprint density at radius 3 is 2.40 bits per heavy atom. The van der Waals surface area contributed by atoms with E-state index in [2.05, 4.69) is 34.2 Å². The van der Waals surface area contributed by atoms with Crippen molar-refractivity contribution in [3.05, 3.63) is 34.9 Å². The zero-order valence-electron chi connectivity index (χ0n) is 12.6. The van der Waals surface area contributed by atoms with Crippen LogP contribution in [0.3, 0.4) is 0 Å². The summed E-state index contributed by atoms with van der Waals surface area (Å²) in [7, 11) is 2.02. The quantitative estimate of drug-likeness (QED) is 0.870. The summed E-state index contributed by atoms with van der Waals surface area (Å²) in [6.45, 7) is 9.32. The van der Waals surface area contributed by atoms with Gasteiger partial charge in [0, 0.05) is 43.8 Å². The molecule has 1 saturated heterocycles. The molecule has 20 heavy (non-hydrogen) atoms. The molecule has 0 aromatic heterocycles. The monoisotopic (exact) mass is 295 g/mol. The van der Waals surface area contributed by atoms with E-state index < -0.39 is 0 Å². The van der Waals surface area contributed by atoms with Crippen molar-refractivity contribution in [2.45, 2.75) is 19.4 Å². The summed E-state index contributed by atoms with van der Waals surface area (Å²) in [5.41, 5.74) is 1.21. The van der Waals surface area contributed by atoms with Gasteiger partial charge in [-0.2, -0.15) is 0 Å². The first-order chi connectivity index (χ1) is 9.74. The van der Waals surface area contributed by atoms with E-state index >= 15 is 0 Å². The van der Waals surface area contributed by atoms with Gasteiger partial charge in [-0.3, -0.25) is 0 Å². The van der Waals surface area contributed by atoms with Gasteiger partial charge in [-0.25, -0.2) is 0 Å². The van der Waals surface area contributed by atoms with Gasteiger partial charge in [0.15, 0.2) is 0 Å². The number of hydrogen-bond acceptors (Lipinski definition) is 3. The van der Waals surface area contributed by atoms with Crippen LogP contribution in [0.25, 0.3) is 0 Å². The van der Waals surface area contributed by atoms with Crippen molar-refractivity contribution in [3.8, 4) is 0 Å². The van der Waals surface area contributed by atoms with Crippen molar-refractivity contribution in [1.82, 2.24) is 15.1 Å². The fourth-order valence-electron chi connectivity index (χ4n) is 2.85. The molecule has 1 N–H and O–H groups in total. The predicted octanol–water partition coefficient (Wildman–Crippen LogP) is 2.63. The molecule has 4 heteroatoms. The molecule has 1 aromatic carbocycles. The van der Waals surface area contributed by atoms with E-state index in [-0.39, 0.29) is 0 Å². The summed E-state index contributed by atoms with van der Waals surface area (Å²) >= 11 is 6.30.